The maximum Gasteiger partial charge on any atom is 0.272 e. The third kappa shape index (κ3) is 4.58. The Kier molecular flexibility index (Phi) is 5.91. The Morgan fingerprint density at radius 3 is 2.48 bits per heavy atom. The smallest absolute Gasteiger partial charge is 0.272 e. The second-order valence-electron chi connectivity index (χ2n) is 6.14. The van der Waals surface area contributed by atoms with Crippen molar-refractivity contribution < 1.29 is 17.6 Å². The van der Waals surface area contributed by atoms with Gasteiger partial charge in [0, 0.05) is 25.0 Å². The molecule has 0 atom stereocenters. The molecule has 0 spiro atoms. The molecule has 0 bridgehead atoms. The summed E-state index contributed by atoms with van der Waals surface area (Å²) in [5.41, 5.74) is -0.153. The van der Waals surface area contributed by atoms with Crippen LogP contribution in [0.1, 0.15) is 15.4 Å². The summed E-state index contributed by atoms with van der Waals surface area (Å²) in [5, 5.41) is 6.66. The van der Waals surface area contributed by atoms with Gasteiger partial charge < -0.3 is 5.32 Å². The fourth-order valence-electron chi connectivity index (χ4n) is 2.33. The predicted molar refractivity (Wildman–Crippen MR) is 106 cm³/mol. The minimum Gasteiger partial charge on any atom is -0.346 e. The molecule has 2 heterocycles. The molecule has 1 amide bonds. The molecule has 3 rings (SSSR count). The number of nitrogens with one attached hydrogen (secondary N) is 1. The van der Waals surface area contributed by atoms with Gasteiger partial charge in [0.1, 0.15) is 15.7 Å². The number of aromatic nitrogens is 2. The molecular formula is C18H17FN4O4S2. The summed E-state index contributed by atoms with van der Waals surface area (Å²) in [6.07, 6.45) is 0. The maximum atomic E-state index is 13.1. The first-order chi connectivity index (χ1) is 13.7. The molecule has 0 aliphatic heterocycles. The Hall–Kier alpha value is -2.89. The number of thiophene rings is 1. The molecule has 1 N–H and O–H groups in total. The number of amides is 1. The van der Waals surface area contributed by atoms with E-state index in [9.17, 15) is 22.4 Å². The Labute approximate surface area is 170 Å². The van der Waals surface area contributed by atoms with E-state index in [1.807, 2.05) is 0 Å². The van der Waals surface area contributed by atoms with Crippen LogP contribution in [0.15, 0.2) is 57.5 Å². The Morgan fingerprint density at radius 2 is 1.83 bits per heavy atom. The zero-order chi connectivity index (χ0) is 21.2. The number of hydrogen-bond acceptors (Lipinski definition) is 6. The minimum atomic E-state index is -3.53. The van der Waals surface area contributed by atoms with Crippen molar-refractivity contribution >= 4 is 27.3 Å². The van der Waals surface area contributed by atoms with E-state index in [-0.39, 0.29) is 16.4 Å². The number of hydrogen-bond donors (Lipinski definition) is 1. The van der Waals surface area contributed by atoms with E-state index in [4.69, 9.17) is 0 Å². The van der Waals surface area contributed by atoms with Crippen molar-refractivity contribution in [2.24, 2.45) is 0 Å². The first-order valence-corrected chi connectivity index (χ1v) is 10.6. The lowest BCUT2D eigenvalue weighted by Crippen LogP contribution is -2.28. The van der Waals surface area contributed by atoms with Gasteiger partial charge in [-0.15, -0.1) is 11.3 Å². The van der Waals surface area contributed by atoms with E-state index in [2.05, 4.69) is 10.4 Å². The number of carbonyl (C=O) groups excluding carboxylic acids is 1. The van der Waals surface area contributed by atoms with Gasteiger partial charge in [0.2, 0.25) is 0 Å². The zero-order valence-electron chi connectivity index (χ0n) is 15.5. The summed E-state index contributed by atoms with van der Waals surface area (Å²) >= 11 is 1.05. The van der Waals surface area contributed by atoms with E-state index in [1.165, 1.54) is 56.6 Å². The van der Waals surface area contributed by atoms with Gasteiger partial charge in [-0.1, -0.05) is 0 Å². The third-order valence-electron chi connectivity index (χ3n) is 3.90. The van der Waals surface area contributed by atoms with Gasteiger partial charge in [0.25, 0.3) is 21.5 Å². The Bertz CT molecular complexity index is 1200. The van der Waals surface area contributed by atoms with Crippen LogP contribution < -0.4 is 10.9 Å². The molecular weight excluding hydrogens is 419 g/mol. The zero-order valence-corrected chi connectivity index (χ0v) is 17.1. The van der Waals surface area contributed by atoms with Crippen LogP contribution in [0.5, 0.6) is 0 Å². The molecule has 8 nitrogen and oxygen atoms in total. The molecule has 2 aromatic heterocycles. The molecule has 0 saturated carbocycles. The van der Waals surface area contributed by atoms with E-state index in [0.29, 0.717) is 10.6 Å². The molecule has 1 aromatic carbocycles. The second-order valence-corrected chi connectivity index (χ2v) is 9.68. The summed E-state index contributed by atoms with van der Waals surface area (Å²) in [6, 6.07) is 10.7. The second kappa shape index (κ2) is 8.23. The van der Waals surface area contributed by atoms with E-state index < -0.39 is 27.3 Å². The van der Waals surface area contributed by atoms with Gasteiger partial charge >= 0.3 is 0 Å². The van der Waals surface area contributed by atoms with Gasteiger partial charge in [-0.2, -0.15) is 9.78 Å². The monoisotopic (exact) mass is 436 g/mol. The molecule has 3 aromatic rings. The van der Waals surface area contributed by atoms with Crippen molar-refractivity contribution in [3.05, 3.63) is 75.3 Å². The van der Waals surface area contributed by atoms with Crippen molar-refractivity contribution in [2.75, 3.05) is 14.1 Å². The van der Waals surface area contributed by atoms with Crippen molar-refractivity contribution in [1.29, 1.82) is 0 Å². The van der Waals surface area contributed by atoms with E-state index in [1.54, 1.807) is 6.07 Å². The molecule has 0 radical (unpaired) electrons. The minimum absolute atomic E-state index is 0.00776. The fourth-order valence-corrected chi connectivity index (χ4v) is 4.79. The predicted octanol–water partition coefficient (Wildman–Crippen LogP) is 1.61. The van der Waals surface area contributed by atoms with Crippen LogP contribution in [0, 0.1) is 5.82 Å². The highest BCUT2D eigenvalue weighted by Gasteiger charge is 2.20. The van der Waals surface area contributed by atoms with Gasteiger partial charge in [0.05, 0.1) is 12.2 Å². The molecule has 11 heteroatoms. The van der Waals surface area contributed by atoms with Crippen molar-refractivity contribution in [2.45, 2.75) is 10.8 Å². The Morgan fingerprint density at radius 1 is 1.14 bits per heavy atom. The lowest BCUT2D eigenvalue weighted by molar-refractivity contribution is 0.0944. The average Bonchev–Trinajstić information content (AvgIpc) is 3.17. The van der Waals surface area contributed by atoms with Crippen LogP contribution in [-0.2, 0) is 16.6 Å². The van der Waals surface area contributed by atoms with Crippen molar-refractivity contribution in [3.63, 3.8) is 0 Å². The lowest BCUT2D eigenvalue weighted by atomic mass is 10.3. The highest BCUT2D eigenvalue weighted by molar-refractivity contribution is 7.91. The van der Waals surface area contributed by atoms with Crippen LogP contribution in [0.3, 0.4) is 0 Å². The van der Waals surface area contributed by atoms with Crippen molar-refractivity contribution in [3.8, 4) is 5.69 Å². The molecule has 0 aliphatic rings. The van der Waals surface area contributed by atoms with Crippen LogP contribution in [0.4, 0.5) is 4.39 Å². The fraction of sp³-hybridized carbons (Fsp3) is 0.167. The van der Waals surface area contributed by atoms with Gasteiger partial charge in [-0.25, -0.2) is 17.1 Å². The SMILES string of the molecule is CN(C)S(=O)(=O)c1ccc(CNC(=O)c2ccc(=O)n(-c3ccc(F)cc3)n2)s1. The maximum absolute atomic E-state index is 13.1. The normalized spacial score (nSPS) is 11.6. The summed E-state index contributed by atoms with van der Waals surface area (Å²) in [5.74, 6) is -0.992. The average molecular weight is 436 g/mol. The quantitative estimate of drug-likeness (QED) is 0.633. The molecule has 152 valence electrons. The molecule has 0 saturated heterocycles. The van der Waals surface area contributed by atoms with Crippen LogP contribution in [0.25, 0.3) is 5.69 Å². The molecule has 29 heavy (non-hydrogen) atoms. The topological polar surface area (TPSA) is 101 Å². The van der Waals surface area contributed by atoms with Crippen LogP contribution in [-0.4, -0.2) is 42.5 Å². The van der Waals surface area contributed by atoms with Crippen LogP contribution >= 0.6 is 11.3 Å². The lowest BCUT2D eigenvalue weighted by Gasteiger charge is -2.08. The summed E-state index contributed by atoms with van der Waals surface area (Å²) in [7, 11) is -0.643. The number of halogens is 1. The first-order valence-electron chi connectivity index (χ1n) is 8.34. The Balaban J connectivity index is 1.75. The number of carbonyl (C=O) groups is 1. The number of nitrogens with zero attached hydrogens (tertiary/aromatic N) is 3. The largest absolute Gasteiger partial charge is 0.346 e. The molecule has 0 fully saturated rings. The summed E-state index contributed by atoms with van der Waals surface area (Å²) in [4.78, 5) is 25.1. The van der Waals surface area contributed by atoms with Gasteiger partial charge in [0.15, 0.2) is 0 Å². The van der Waals surface area contributed by atoms with E-state index in [0.717, 1.165) is 20.3 Å². The van der Waals surface area contributed by atoms with Crippen molar-refractivity contribution in [1.82, 2.24) is 19.4 Å². The standard InChI is InChI=1S/C18H17FN4O4S2/c1-22(2)29(26,27)17-10-7-14(28-17)11-20-18(25)15-8-9-16(24)23(21-15)13-5-3-12(19)4-6-13/h3-10H,11H2,1-2H3,(H,20,25). The van der Waals surface area contributed by atoms with Gasteiger partial charge in [-0.05, 0) is 42.5 Å². The number of rotatable bonds is 6. The number of sulfonamides is 1. The summed E-state index contributed by atoms with van der Waals surface area (Å²) < 4.78 is 39.6. The number of benzene rings is 1. The highest BCUT2D eigenvalue weighted by atomic mass is 32.2. The van der Waals surface area contributed by atoms with Gasteiger partial charge in [-0.3, -0.25) is 9.59 Å². The first kappa shape index (κ1) is 20.8. The molecule has 0 unspecified atom stereocenters. The third-order valence-corrected chi connectivity index (χ3v) is 7.27. The molecule has 0 aliphatic carbocycles. The summed E-state index contributed by atoms with van der Waals surface area (Å²) in [6.45, 7) is 0.101. The highest BCUT2D eigenvalue weighted by Crippen LogP contribution is 2.23. The van der Waals surface area contributed by atoms with E-state index >= 15 is 0 Å². The van der Waals surface area contributed by atoms with Crippen LogP contribution in [0.2, 0.25) is 0 Å².